The van der Waals surface area contributed by atoms with Crippen molar-refractivity contribution in [3.8, 4) is 0 Å². The lowest BCUT2D eigenvalue weighted by atomic mass is 12.0. The van der Waals surface area contributed by atoms with Gasteiger partial charge in [0.15, 0.2) is 0 Å². The van der Waals surface area contributed by atoms with Crippen LogP contribution in [0.3, 0.4) is 0 Å². The Kier molecular flexibility index (Phi) is 21.2. The minimum Gasteiger partial charge on any atom is -0.748 e. The van der Waals surface area contributed by atoms with Gasteiger partial charge < -0.3 is 21.0 Å². The van der Waals surface area contributed by atoms with Gasteiger partial charge in [-0.2, -0.15) is 0 Å². The van der Waals surface area contributed by atoms with Crippen LogP contribution < -0.4 is 0 Å². The molecule has 8 heavy (non-hydrogen) atoms. The van der Waals surface area contributed by atoms with Crippen LogP contribution in [0.5, 0.6) is 0 Å². The van der Waals surface area contributed by atoms with Crippen molar-refractivity contribution in [3.05, 3.63) is 0 Å². The van der Waals surface area contributed by atoms with Crippen molar-refractivity contribution in [1.29, 1.82) is 0 Å². The summed E-state index contributed by atoms with van der Waals surface area (Å²) in [6.07, 6.45) is 0.604. The Morgan fingerprint density at radius 2 is 1.12 bits per heavy atom. The van der Waals surface area contributed by atoms with Gasteiger partial charge in [0, 0.05) is 6.26 Å². The highest BCUT2D eigenvalue weighted by molar-refractivity contribution is 7.84. The third-order valence-electron chi connectivity index (χ3n) is 0. The molecule has 0 amide bonds. The largest absolute Gasteiger partial charge is 0.748 e. The van der Waals surface area contributed by atoms with Crippen LogP contribution in [0.4, 0.5) is 0 Å². The molecule has 56 valence electrons. The van der Waals surface area contributed by atoms with Gasteiger partial charge in [0.1, 0.15) is 0 Å². The maximum atomic E-state index is 9.08. The number of hydrogen-bond acceptors (Lipinski definition) is 3. The van der Waals surface area contributed by atoms with Gasteiger partial charge in [0.2, 0.25) is 0 Å². The Balaban J connectivity index is -0.0000000267. The highest BCUT2D eigenvalue weighted by Crippen LogP contribution is 1.59. The van der Waals surface area contributed by atoms with Crippen LogP contribution >= 0.6 is 0 Å². The molecule has 6 N–H and O–H groups in total. The fourth-order valence-corrected chi connectivity index (χ4v) is 0. The van der Waals surface area contributed by atoms with Gasteiger partial charge in [-0.25, -0.2) is 8.42 Å². The van der Waals surface area contributed by atoms with E-state index in [2.05, 4.69) is 0 Å². The van der Waals surface area contributed by atoms with Crippen molar-refractivity contribution >= 4 is 10.1 Å². The molecule has 0 aliphatic heterocycles. The van der Waals surface area contributed by atoms with Crippen LogP contribution in [0, 0.1) is 0 Å². The molecule has 7 heteroatoms. The second-order valence-corrected chi connectivity index (χ2v) is 2.11. The summed E-state index contributed by atoms with van der Waals surface area (Å²) in [5.74, 6) is 0. The van der Waals surface area contributed by atoms with Crippen LogP contribution in [0.15, 0.2) is 0 Å². The average Bonchev–Trinajstić information content (AvgIpc) is 0.722. The second kappa shape index (κ2) is 6.79. The summed E-state index contributed by atoms with van der Waals surface area (Å²) >= 11 is 0. The van der Waals surface area contributed by atoms with Gasteiger partial charge in [0.05, 0.1) is 10.1 Å². The van der Waals surface area contributed by atoms with Gasteiger partial charge in [-0.05, 0) is 0 Å². The van der Waals surface area contributed by atoms with Gasteiger partial charge in [-0.3, -0.25) is 0 Å². The third kappa shape index (κ3) is 3010. The molecular formula is CH9O6S-. The van der Waals surface area contributed by atoms with Crippen LogP contribution in [-0.4, -0.2) is 35.7 Å². The van der Waals surface area contributed by atoms with E-state index in [0.29, 0.717) is 6.26 Å². The summed E-state index contributed by atoms with van der Waals surface area (Å²) in [5.41, 5.74) is 0. The first kappa shape index (κ1) is 25.0. The first-order valence-corrected chi connectivity index (χ1v) is 2.72. The molecule has 0 fully saturated rings. The van der Waals surface area contributed by atoms with E-state index in [1.165, 1.54) is 0 Å². The lowest BCUT2D eigenvalue weighted by molar-refractivity contribution is 0.470. The van der Waals surface area contributed by atoms with Gasteiger partial charge in [0.25, 0.3) is 0 Å². The Hall–Kier alpha value is -0.210. The summed E-state index contributed by atoms with van der Waals surface area (Å²) in [6, 6.07) is 0. The fourth-order valence-electron chi connectivity index (χ4n) is 0. The standard InChI is InChI=1S/CH4O3S.3H2O/c1-5(2,3)4;;;/h1H3,(H,2,3,4);3*1H2/p-1. The predicted octanol–water partition coefficient (Wildman–Crippen LogP) is -3.31. The molecule has 0 rings (SSSR count). The highest BCUT2D eigenvalue weighted by Gasteiger charge is 1.65. The van der Waals surface area contributed by atoms with E-state index in [1.807, 2.05) is 0 Å². The maximum absolute atomic E-state index is 9.08. The zero-order chi connectivity index (χ0) is 4.50. The lowest BCUT2D eigenvalue weighted by Crippen LogP contribution is -1.88. The van der Waals surface area contributed by atoms with Crippen molar-refractivity contribution in [2.45, 2.75) is 0 Å². The number of rotatable bonds is 0. The SMILES string of the molecule is CS(=O)(=O)[O-].O.O.O. The molecule has 0 aromatic carbocycles. The van der Waals surface area contributed by atoms with Crippen molar-refractivity contribution in [3.63, 3.8) is 0 Å². The highest BCUT2D eigenvalue weighted by atomic mass is 32.2. The summed E-state index contributed by atoms with van der Waals surface area (Å²) < 4.78 is 27.2. The molecule has 0 heterocycles. The minimum absolute atomic E-state index is 0. The van der Waals surface area contributed by atoms with Gasteiger partial charge >= 0.3 is 0 Å². The van der Waals surface area contributed by atoms with E-state index in [1.54, 1.807) is 0 Å². The maximum Gasteiger partial charge on any atom is 0.0916 e. The molecule has 0 aliphatic rings. The van der Waals surface area contributed by atoms with E-state index in [-0.39, 0.29) is 16.4 Å². The molecule has 0 aliphatic carbocycles. The fraction of sp³-hybridized carbons (Fsp3) is 1.00. The van der Waals surface area contributed by atoms with E-state index < -0.39 is 10.1 Å². The van der Waals surface area contributed by atoms with Crippen LogP contribution in [0.25, 0.3) is 0 Å². The summed E-state index contributed by atoms with van der Waals surface area (Å²) in [4.78, 5) is 0. The minimum atomic E-state index is -3.92. The molecule has 0 bridgehead atoms. The third-order valence-corrected chi connectivity index (χ3v) is 0. The molecule has 0 spiro atoms. The molecule has 0 unspecified atom stereocenters. The van der Waals surface area contributed by atoms with Crippen molar-refractivity contribution in [2.75, 3.05) is 6.26 Å². The van der Waals surface area contributed by atoms with Crippen LogP contribution in [0.2, 0.25) is 0 Å². The molecule has 0 aromatic rings. The lowest BCUT2D eigenvalue weighted by Gasteiger charge is -1.90. The van der Waals surface area contributed by atoms with E-state index >= 15 is 0 Å². The number of hydrogen-bond donors (Lipinski definition) is 0. The normalized spacial score (nSPS) is 7.25. The summed E-state index contributed by atoms with van der Waals surface area (Å²) in [7, 11) is -3.92. The molecule has 0 atom stereocenters. The smallest absolute Gasteiger partial charge is 0.0916 e. The Morgan fingerprint density at radius 3 is 1.12 bits per heavy atom. The predicted molar refractivity (Wildman–Crippen MR) is 26.5 cm³/mol. The van der Waals surface area contributed by atoms with E-state index in [0.717, 1.165) is 0 Å². The summed E-state index contributed by atoms with van der Waals surface area (Å²) in [5, 5.41) is 0. The van der Waals surface area contributed by atoms with Crippen molar-refractivity contribution in [2.24, 2.45) is 0 Å². The summed E-state index contributed by atoms with van der Waals surface area (Å²) in [6.45, 7) is 0. The van der Waals surface area contributed by atoms with Crippen LogP contribution in [0.1, 0.15) is 0 Å². The topological polar surface area (TPSA) is 152 Å². The van der Waals surface area contributed by atoms with Crippen molar-refractivity contribution in [1.82, 2.24) is 0 Å². The molecule has 0 saturated carbocycles. The van der Waals surface area contributed by atoms with E-state index in [9.17, 15) is 0 Å². The average molecular weight is 149 g/mol. The Bertz CT molecular complexity index is 91.7. The monoisotopic (exact) mass is 149 g/mol. The Labute approximate surface area is 46.8 Å². The Morgan fingerprint density at radius 1 is 1.12 bits per heavy atom. The van der Waals surface area contributed by atoms with Crippen LogP contribution in [-0.2, 0) is 10.1 Å². The van der Waals surface area contributed by atoms with E-state index in [4.69, 9.17) is 13.0 Å². The molecule has 6 nitrogen and oxygen atoms in total. The quantitative estimate of drug-likeness (QED) is 0.331. The van der Waals surface area contributed by atoms with Gasteiger partial charge in [-0.1, -0.05) is 0 Å². The molecule has 0 radical (unpaired) electrons. The molecule has 0 aromatic heterocycles. The van der Waals surface area contributed by atoms with Crippen molar-refractivity contribution < 1.29 is 29.4 Å². The first-order valence-electron chi connectivity index (χ1n) is 0.908. The molecule has 0 saturated heterocycles. The zero-order valence-corrected chi connectivity index (χ0v) is 4.95. The zero-order valence-electron chi connectivity index (χ0n) is 4.13. The first-order chi connectivity index (χ1) is 2.00. The molecular weight excluding hydrogens is 140 g/mol. The second-order valence-electron chi connectivity index (χ2n) is 0.704. The van der Waals surface area contributed by atoms with Gasteiger partial charge in [-0.15, -0.1) is 0 Å².